The molecule has 29 heteroatoms. The number of hydrogen-bond acceptors (Lipinski definition) is 19. The van der Waals surface area contributed by atoms with Gasteiger partial charge in [0.1, 0.15) is 66.8 Å². The summed E-state index contributed by atoms with van der Waals surface area (Å²) < 4.78 is 76.7. The molecule has 3 aliphatic rings. The molecule has 0 amide bonds. The second-order valence-corrected chi connectivity index (χ2v) is 14.5. The number of rotatable bonds is 14. The lowest BCUT2D eigenvalue weighted by Gasteiger charge is -2.29. The fourth-order valence-corrected chi connectivity index (χ4v) is 6.19. The third kappa shape index (κ3) is 9.22. The minimum absolute atomic E-state index is 0.0444. The molecular weight excluding hydrogens is 739 g/mol. The minimum atomic E-state index is -5.12. The molecule has 3 aliphatic heterocycles. The fraction of sp³-hybridized carbons (Fsp3) is 0.750. The number of imidazole rings is 1. The smallest absolute Gasteiger partial charge is 0.387 e. The maximum absolute atomic E-state index is 11.4. The van der Waals surface area contributed by atoms with Gasteiger partial charge in [-0.3, -0.25) is 18.1 Å². The minimum Gasteiger partial charge on any atom is -0.387 e. The van der Waals surface area contributed by atoms with E-state index in [9.17, 15) is 53.7 Å². The van der Waals surface area contributed by atoms with E-state index in [0.29, 0.717) is 0 Å². The summed E-state index contributed by atoms with van der Waals surface area (Å²) in [5.74, 6) is -0.0495. The first-order valence-electron chi connectivity index (χ1n) is 13.8. The largest absolute Gasteiger partial charge is 0.469 e. The maximum atomic E-state index is 11.4. The van der Waals surface area contributed by atoms with Crippen molar-refractivity contribution in [3.8, 4) is 0 Å². The molecule has 0 aromatic carbocycles. The molecule has 12 unspecified atom stereocenters. The highest BCUT2D eigenvalue weighted by Crippen LogP contribution is 2.43. The molecule has 3 saturated heterocycles. The van der Waals surface area contributed by atoms with Crippen LogP contribution >= 0.6 is 23.5 Å². The van der Waals surface area contributed by atoms with E-state index >= 15 is 0 Å². The zero-order valence-corrected chi connectivity index (χ0v) is 27.1. The topological polar surface area (TPSA) is 397 Å². The number of nitrogens with two attached hydrogens (primary N) is 1. The molecule has 12 N–H and O–H groups in total. The lowest BCUT2D eigenvalue weighted by Crippen LogP contribution is -2.46. The number of aromatic nitrogens is 4. The zero-order chi connectivity index (χ0) is 36.1. The molecule has 0 saturated carbocycles. The lowest BCUT2D eigenvalue weighted by atomic mass is 10.1. The Morgan fingerprint density at radius 2 is 1.16 bits per heavy atom. The molecule has 278 valence electrons. The number of hydrogen-bond donors (Lipinski definition) is 11. The Labute approximate surface area is 272 Å². The Bertz CT molecular complexity index is 1600. The Morgan fingerprint density at radius 1 is 0.673 bits per heavy atom. The van der Waals surface area contributed by atoms with Crippen molar-refractivity contribution in [2.75, 3.05) is 25.6 Å². The van der Waals surface area contributed by atoms with Crippen LogP contribution in [0.5, 0.6) is 0 Å². The van der Waals surface area contributed by atoms with Crippen LogP contribution < -0.4 is 5.73 Å². The number of aliphatic hydroxyl groups is 4. The number of anilines is 1. The van der Waals surface area contributed by atoms with Crippen LogP contribution in [-0.2, 0) is 51.0 Å². The van der Waals surface area contributed by atoms with Crippen LogP contribution in [0, 0.1) is 0 Å². The highest BCUT2D eigenvalue weighted by Gasteiger charge is 2.55. The van der Waals surface area contributed by atoms with E-state index < -0.39 is 117 Å². The first-order chi connectivity index (χ1) is 22.7. The van der Waals surface area contributed by atoms with Crippen LogP contribution in [0.1, 0.15) is 6.23 Å². The van der Waals surface area contributed by atoms with E-state index in [1.165, 1.54) is 4.57 Å². The Kier molecular flexibility index (Phi) is 11.6. The first kappa shape index (κ1) is 38.5. The standard InChI is InChI=1S/C20H32N5O21P3/c21-16-9-17(23-4-22-16)25(5-24-9)18-14(11(27)7(42-18)2-40-48(33,34)35)45-20-15(12(28)8(44-20)3-41-49(36,37)38)46-19-13(29)10(26)6(43-19)1-39-47(30,31)32/h4-8,10-15,18-20,26-29H,1-3H2,(H2,21,22,23)(H2,30,31,32)(H2,33,34,35)(H2,36,37,38). The van der Waals surface area contributed by atoms with Crippen LogP contribution in [0.4, 0.5) is 5.82 Å². The van der Waals surface area contributed by atoms with Crippen LogP contribution in [0.3, 0.4) is 0 Å². The Balaban J connectivity index is 1.43. The van der Waals surface area contributed by atoms with Gasteiger partial charge >= 0.3 is 23.5 Å². The van der Waals surface area contributed by atoms with Crippen molar-refractivity contribution in [3.05, 3.63) is 12.7 Å². The molecule has 0 spiro atoms. The summed E-state index contributed by atoms with van der Waals surface area (Å²) >= 11 is 0. The van der Waals surface area contributed by atoms with Crippen LogP contribution in [-0.4, -0.2) is 157 Å². The number of fused-ring (bicyclic) bond motifs is 1. The monoisotopic (exact) mass is 771 g/mol. The van der Waals surface area contributed by atoms with Crippen molar-refractivity contribution < 1.29 is 101 Å². The second-order valence-electron chi connectivity index (χ2n) is 10.8. The molecule has 3 fully saturated rings. The number of aliphatic hydroxyl groups excluding tert-OH is 4. The molecule has 49 heavy (non-hydrogen) atoms. The summed E-state index contributed by atoms with van der Waals surface area (Å²) in [5, 5.41) is 43.1. The predicted octanol–water partition coefficient (Wildman–Crippen LogP) is -4.70. The highest BCUT2D eigenvalue weighted by molar-refractivity contribution is 7.46. The fourth-order valence-electron chi connectivity index (χ4n) is 5.16. The normalized spacial score (nSPS) is 35.9. The van der Waals surface area contributed by atoms with Crippen molar-refractivity contribution in [1.29, 1.82) is 0 Å². The molecule has 5 rings (SSSR count). The zero-order valence-electron chi connectivity index (χ0n) is 24.4. The predicted molar refractivity (Wildman–Crippen MR) is 149 cm³/mol. The summed E-state index contributed by atoms with van der Waals surface area (Å²) in [6.07, 6.45) is -18.5. The molecule has 12 atom stereocenters. The van der Waals surface area contributed by atoms with E-state index in [2.05, 4.69) is 28.5 Å². The molecule has 0 bridgehead atoms. The summed E-state index contributed by atoms with van der Waals surface area (Å²) in [5.41, 5.74) is 5.99. The Morgan fingerprint density at radius 3 is 1.73 bits per heavy atom. The molecule has 2 aromatic rings. The maximum Gasteiger partial charge on any atom is 0.469 e. The van der Waals surface area contributed by atoms with Gasteiger partial charge in [0.15, 0.2) is 30.3 Å². The van der Waals surface area contributed by atoms with E-state index in [1.807, 2.05) is 0 Å². The highest BCUT2D eigenvalue weighted by atomic mass is 31.2. The van der Waals surface area contributed by atoms with Crippen molar-refractivity contribution in [2.45, 2.75) is 73.7 Å². The van der Waals surface area contributed by atoms with Gasteiger partial charge in [0.05, 0.1) is 26.1 Å². The number of nitrogen functional groups attached to an aromatic ring is 1. The van der Waals surface area contributed by atoms with Crippen molar-refractivity contribution in [3.63, 3.8) is 0 Å². The van der Waals surface area contributed by atoms with Gasteiger partial charge in [-0.25, -0.2) is 28.6 Å². The van der Waals surface area contributed by atoms with Gasteiger partial charge in [0.2, 0.25) is 0 Å². The lowest BCUT2D eigenvalue weighted by molar-refractivity contribution is -0.265. The van der Waals surface area contributed by atoms with Gasteiger partial charge < -0.3 is 79.2 Å². The third-order valence-electron chi connectivity index (χ3n) is 7.39. The van der Waals surface area contributed by atoms with Gasteiger partial charge in [0, 0.05) is 0 Å². The Hall–Kier alpha value is -1.68. The van der Waals surface area contributed by atoms with Crippen LogP contribution in [0.2, 0.25) is 0 Å². The van der Waals surface area contributed by atoms with Crippen molar-refractivity contribution >= 4 is 40.4 Å². The molecule has 0 radical (unpaired) electrons. The van der Waals surface area contributed by atoms with E-state index in [-0.39, 0.29) is 17.0 Å². The van der Waals surface area contributed by atoms with Crippen LogP contribution in [0.25, 0.3) is 11.2 Å². The number of phosphoric acid groups is 3. The molecule has 5 heterocycles. The average molecular weight is 771 g/mol. The number of phosphoric ester groups is 3. The molecule has 26 nitrogen and oxygen atoms in total. The summed E-state index contributed by atoms with van der Waals surface area (Å²) in [6.45, 7) is -2.76. The van der Waals surface area contributed by atoms with Crippen LogP contribution in [0.15, 0.2) is 12.7 Å². The summed E-state index contributed by atoms with van der Waals surface area (Å²) in [6, 6.07) is 0. The average Bonchev–Trinajstić information content (AvgIpc) is 3.71. The van der Waals surface area contributed by atoms with Gasteiger partial charge in [-0.05, 0) is 0 Å². The van der Waals surface area contributed by atoms with Crippen molar-refractivity contribution in [1.82, 2.24) is 19.5 Å². The third-order valence-corrected chi connectivity index (χ3v) is 8.85. The van der Waals surface area contributed by atoms with Gasteiger partial charge in [-0.15, -0.1) is 0 Å². The number of nitrogens with zero attached hydrogens (tertiary/aromatic N) is 4. The second kappa shape index (κ2) is 14.7. The van der Waals surface area contributed by atoms with Gasteiger partial charge in [-0.2, -0.15) is 0 Å². The number of ether oxygens (including phenoxy) is 5. The van der Waals surface area contributed by atoms with E-state index in [1.54, 1.807) is 0 Å². The summed E-state index contributed by atoms with van der Waals surface area (Å²) in [7, 11) is -15.2. The SMILES string of the molecule is Nc1ncnc2c1ncn2C1OC(COP(=O)(O)O)C(O)C1OC1OC(COP(=O)(O)O)C(O)C1OC1OC(COP(=O)(O)O)C(O)C1O. The van der Waals surface area contributed by atoms with E-state index in [4.69, 9.17) is 39.2 Å². The van der Waals surface area contributed by atoms with Crippen molar-refractivity contribution in [2.24, 2.45) is 0 Å². The quantitative estimate of drug-likeness (QED) is 0.0804. The molecule has 0 aliphatic carbocycles. The molecular formula is C20H32N5O21P3. The van der Waals surface area contributed by atoms with Gasteiger partial charge in [-0.1, -0.05) is 0 Å². The first-order valence-corrected chi connectivity index (χ1v) is 18.3. The van der Waals surface area contributed by atoms with Gasteiger partial charge in [0.25, 0.3) is 0 Å². The van der Waals surface area contributed by atoms with E-state index in [0.717, 1.165) is 12.7 Å². The summed E-state index contributed by atoms with van der Waals surface area (Å²) in [4.78, 5) is 66.7. The molecule has 2 aromatic heterocycles.